The summed E-state index contributed by atoms with van der Waals surface area (Å²) in [6.07, 6.45) is 0. The first-order chi connectivity index (χ1) is 7.77. The summed E-state index contributed by atoms with van der Waals surface area (Å²) >= 11 is 0. The minimum atomic E-state index is 0.432. The smallest absolute Gasteiger partial charge is 0.0643 e. The van der Waals surface area contributed by atoms with Crippen molar-refractivity contribution < 1.29 is 4.74 Å². The lowest BCUT2D eigenvalue weighted by atomic mass is 10.1. The first kappa shape index (κ1) is 11.6. The molecule has 88 valence electrons. The molecule has 3 nitrogen and oxygen atoms in total. The van der Waals surface area contributed by atoms with Gasteiger partial charge in [0.1, 0.15) is 0 Å². The summed E-state index contributed by atoms with van der Waals surface area (Å²) in [5, 5.41) is 3.53. The summed E-state index contributed by atoms with van der Waals surface area (Å²) in [5.41, 5.74) is 1.36. The second-order valence-electron chi connectivity index (χ2n) is 4.53. The highest BCUT2D eigenvalue weighted by Crippen LogP contribution is 2.17. The molecule has 0 aromatic heterocycles. The van der Waals surface area contributed by atoms with Gasteiger partial charge >= 0.3 is 0 Å². The van der Waals surface area contributed by atoms with Gasteiger partial charge in [0, 0.05) is 12.6 Å². The second kappa shape index (κ2) is 5.43. The largest absolute Gasteiger partial charge is 0.378 e. The zero-order valence-electron chi connectivity index (χ0n) is 10.0. The maximum absolute atomic E-state index is 5.16. The van der Waals surface area contributed by atoms with Gasteiger partial charge in [-0.2, -0.15) is 0 Å². The van der Waals surface area contributed by atoms with Gasteiger partial charge in [-0.15, -0.1) is 0 Å². The Kier molecular flexibility index (Phi) is 3.93. The Morgan fingerprint density at radius 2 is 2.00 bits per heavy atom. The van der Waals surface area contributed by atoms with Crippen LogP contribution in [0.25, 0.3) is 0 Å². The molecular weight excluding hydrogens is 200 g/mol. The molecule has 2 rings (SSSR count). The van der Waals surface area contributed by atoms with E-state index in [1.807, 2.05) is 0 Å². The third-order valence-electron chi connectivity index (χ3n) is 3.05. The highest BCUT2D eigenvalue weighted by atomic mass is 16.5. The van der Waals surface area contributed by atoms with Gasteiger partial charge in [-0.3, -0.25) is 0 Å². The van der Waals surface area contributed by atoms with Gasteiger partial charge < -0.3 is 15.0 Å². The van der Waals surface area contributed by atoms with Gasteiger partial charge in [0.25, 0.3) is 0 Å². The van der Waals surface area contributed by atoms with Crippen LogP contribution in [0, 0.1) is 0 Å². The zero-order chi connectivity index (χ0) is 11.4. The number of likely N-dealkylation sites (N-methyl/N-ethyl adjacent to an activating group) is 1. The molecule has 1 atom stereocenters. The number of rotatable bonds is 5. The van der Waals surface area contributed by atoms with Gasteiger partial charge in [-0.05, 0) is 19.7 Å². The quantitative estimate of drug-likeness (QED) is 0.809. The molecule has 1 heterocycles. The van der Waals surface area contributed by atoms with Crippen LogP contribution in [0.3, 0.4) is 0 Å². The third-order valence-corrected chi connectivity index (χ3v) is 3.05. The molecule has 1 aromatic carbocycles. The first-order valence-electron chi connectivity index (χ1n) is 5.80. The molecule has 1 fully saturated rings. The lowest BCUT2D eigenvalue weighted by Crippen LogP contribution is -2.48. The molecule has 16 heavy (non-hydrogen) atoms. The topological polar surface area (TPSA) is 24.5 Å². The molecule has 0 aliphatic carbocycles. The maximum Gasteiger partial charge on any atom is 0.0643 e. The van der Waals surface area contributed by atoms with E-state index in [0.29, 0.717) is 12.1 Å². The van der Waals surface area contributed by atoms with Crippen LogP contribution in [0.4, 0.5) is 0 Å². The van der Waals surface area contributed by atoms with E-state index < -0.39 is 0 Å². The molecule has 0 amide bonds. The summed E-state index contributed by atoms with van der Waals surface area (Å²) in [6, 6.07) is 11.6. The second-order valence-corrected chi connectivity index (χ2v) is 4.53. The summed E-state index contributed by atoms with van der Waals surface area (Å²) in [7, 11) is 4.24. The van der Waals surface area contributed by atoms with Crippen LogP contribution in [0.1, 0.15) is 11.6 Å². The van der Waals surface area contributed by atoms with Crippen molar-refractivity contribution in [1.82, 2.24) is 10.2 Å². The predicted octanol–water partition coefficient (Wildman–Crippen LogP) is 1.28. The van der Waals surface area contributed by atoms with Crippen molar-refractivity contribution in [2.75, 3.05) is 33.9 Å². The van der Waals surface area contributed by atoms with Crippen LogP contribution in [-0.4, -0.2) is 44.8 Å². The highest BCUT2D eigenvalue weighted by molar-refractivity contribution is 5.19. The van der Waals surface area contributed by atoms with E-state index >= 15 is 0 Å². The number of hydrogen-bond donors (Lipinski definition) is 1. The fourth-order valence-electron chi connectivity index (χ4n) is 1.91. The van der Waals surface area contributed by atoms with Crippen molar-refractivity contribution in [2.45, 2.75) is 12.1 Å². The van der Waals surface area contributed by atoms with Crippen LogP contribution in [0.2, 0.25) is 0 Å². The molecule has 0 bridgehead atoms. The van der Waals surface area contributed by atoms with E-state index in [-0.39, 0.29) is 0 Å². The lowest BCUT2D eigenvalue weighted by Gasteiger charge is -2.31. The summed E-state index contributed by atoms with van der Waals surface area (Å²) in [5.74, 6) is 0. The van der Waals surface area contributed by atoms with Crippen molar-refractivity contribution in [2.24, 2.45) is 0 Å². The zero-order valence-corrected chi connectivity index (χ0v) is 10.0. The number of nitrogens with zero attached hydrogens (tertiary/aromatic N) is 1. The Morgan fingerprint density at radius 3 is 2.50 bits per heavy atom. The molecule has 0 spiro atoms. The number of benzene rings is 1. The molecule has 1 aliphatic heterocycles. The van der Waals surface area contributed by atoms with Crippen molar-refractivity contribution in [3.05, 3.63) is 35.9 Å². The van der Waals surface area contributed by atoms with E-state index in [4.69, 9.17) is 4.74 Å². The first-order valence-corrected chi connectivity index (χ1v) is 5.80. The van der Waals surface area contributed by atoms with Crippen LogP contribution in [0.15, 0.2) is 30.3 Å². The van der Waals surface area contributed by atoms with E-state index in [0.717, 1.165) is 19.8 Å². The Bertz CT molecular complexity index is 309. The van der Waals surface area contributed by atoms with Crippen molar-refractivity contribution in [1.29, 1.82) is 0 Å². The number of ether oxygens (including phenoxy) is 1. The summed E-state index contributed by atoms with van der Waals surface area (Å²) in [4.78, 5) is 2.25. The monoisotopic (exact) mass is 220 g/mol. The average molecular weight is 220 g/mol. The molecular formula is C13H20N2O. The van der Waals surface area contributed by atoms with Gasteiger partial charge in [-0.25, -0.2) is 0 Å². The van der Waals surface area contributed by atoms with Crippen molar-refractivity contribution in [3.8, 4) is 0 Å². The van der Waals surface area contributed by atoms with Crippen LogP contribution in [-0.2, 0) is 4.74 Å². The molecule has 0 saturated carbocycles. The molecule has 1 unspecified atom stereocenters. The van der Waals surface area contributed by atoms with E-state index in [2.05, 4.69) is 54.6 Å². The Labute approximate surface area is 97.4 Å². The normalized spacial score (nSPS) is 18.4. The van der Waals surface area contributed by atoms with E-state index in [1.54, 1.807) is 0 Å². The minimum Gasteiger partial charge on any atom is -0.378 e. The molecule has 0 radical (unpaired) electrons. The van der Waals surface area contributed by atoms with Crippen molar-refractivity contribution in [3.63, 3.8) is 0 Å². The number of hydrogen-bond acceptors (Lipinski definition) is 3. The molecule has 1 N–H and O–H groups in total. The fourth-order valence-corrected chi connectivity index (χ4v) is 1.91. The van der Waals surface area contributed by atoms with Crippen LogP contribution < -0.4 is 5.32 Å². The lowest BCUT2D eigenvalue weighted by molar-refractivity contribution is -0.00719. The van der Waals surface area contributed by atoms with Crippen molar-refractivity contribution >= 4 is 0 Å². The minimum absolute atomic E-state index is 0.432. The Hall–Kier alpha value is -0.900. The third kappa shape index (κ3) is 2.82. The van der Waals surface area contributed by atoms with Crippen LogP contribution >= 0.6 is 0 Å². The summed E-state index contributed by atoms with van der Waals surface area (Å²) in [6.45, 7) is 2.69. The Balaban J connectivity index is 1.94. The molecule has 1 saturated heterocycles. The highest BCUT2D eigenvalue weighted by Gasteiger charge is 2.20. The van der Waals surface area contributed by atoms with Crippen LogP contribution in [0.5, 0.6) is 0 Å². The molecule has 1 aliphatic rings. The number of nitrogens with one attached hydrogen (secondary N) is 1. The predicted molar refractivity (Wildman–Crippen MR) is 65.5 cm³/mol. The maximum atomic E-state index is 5.16. The Morgan fingerprint density at radius 1 is 1.31 bits per heavy atom. The average Bonchev–Trinajstić information content (AvgIpc) is 2.22. The molecule has 3 heteroatoms. The summed E-state index contributed by atoms with van der Waals surface area (Å²) < 4.78 is 5.16. The van der Waals surface area contributed by atoms with E-state index in [1.165, 1.54) is 5.56 Å². The van der Waals surface area contributed by atoms with Gasteiger partial charge in [0.2, 0.25) is 0 Å². The van der Waals surface area contributed by atoms with E-state index in [9.17, 15) is 0 Å². The standard InChI is InChI=1S/C13H20N2O/c1-15(2)13(8-14-12-9-16-10-12)11-6-4-3-5-7-11/h3-7,12-14H,8-10H2,1-2H3. The molecule has 1 aromatic rings. The fraction of sp³-hybridized carbons (Fsp3) is 0.538. The van der Waals surface area contributed by atoms with Gasteiger partial charge in [0.05, 0.1) is 19.3 Å². The van der Waals surface area contributed by atoms with Gasteiger partial charge in [-0.1, -0.05) is 30.3 Å². The SMILES string of the molecule is CN(C)C(CNC1COC1)c1ccccc1. The van der Waals surface area contributed by atoms with Gasteiger partial charge in [0.15, 0.2) is 0 Å².